The summed E-state index contributed by atoms with van der Waals surface area (Å²) in [6, 6.07) is -0.427. The second kappa shape index (κ2) is 4.05. The monoisotopic (exact) mass is 237 g/mol. The molecule has 0 amide bonds. The third kappa shape index (κ3) is 2.29. The van der Waals surface area contributed by atoms with E-state index in [9.17, 15) is 13.6 Å². The summed E-state index contributed by atoms with van der Waals surface area (Å²) in [6.07, 6.45) is 0.789. The molecule has 1 rings (SSSR count). The minimum Gasteiger partial charge on any atom is -0.211 e. The Morgan fingerprint density at radius 3 is 2.43 bits per heavy atom. The molecule has 74 valence electrons. The van der Waals surface area contributed by atoms with Gasteiger partial charge in [-0.05, 0) is 18.2 Å². The Labute approximate surface area is 88.2 Å². The van der Waals surface area contributed by atoms with Gasteiger partial charge >= 0.3 is 6.05 Å². The average molecular weight is 238 g/mol. The number of alkyl halides is 2. The highest BCUT2D eigenvalue weighted by atomic mass is 35.5. The van der Waals surface area contributed by atoms with E-state index in [2.05, 4.69) is 4.99 Å². The Morgan fingerprint density at radius 2 is 1.93 bits per heavy atom. The van der Waals surface area contributed by atoms with E-state index in [-0.39, 0.29) is 10.0 Å². The van der Waals surface area contributed by atoms with Gasteiger partial charge in [0, 0.05) is 5.56 Å². The number of isocyanates is 1. The van der Waals surface area contributed by atoms with Gasteiger partial charge in [0.15, 0.2) is 0 Å². The van der Waals surface area contributed by atoms with Crippen LogP contribution < -0.4 is 0 Å². The molecule has 0 aromatic heterocycles. The standard InChI is InChI=1S/C8H3Cl2F2NO/c9-6-2-1-5(3-7(6)10)8(11,12)13-4-14/h1-3H. The Hall–Kier alpha value is -0.960. The van der Waals surface area contributed by atoms with Gasteiger partial charge in [0.05, 0.1) is 10.0 Å². The van der Waals surface area contributed by atoms with Crippen LogP contribution in [0.1, 0.15) is 5.56 Å². The van der Waals surface area contributed by atoms with Gasteiger partial charge in [-0.15, -0.1) is 4.99 Å². The maximum absolute atomic E-state index is 12.9. The van der Waals surface area contributed by atoms with Crippen LogP contribution in [0.5, 0.6) is 0 Å². The molecule has 0 spiro atoms. The highest BCUT2D eigenvalue weighted by Crippen LogP contribution is 2.33. The van der Waals surface area contributed by atoms with Crippen molar-refractivity contribution in [3.8, 4) is 0 Å². The minimum absolute atomic E-state index is 0.0232. The number of hydrogen-bond acceptors (Lipinski definition) is 2. The molecule has 0 heterocycles. The van der Waals surface area contributed by atoms with Gasteiger partial charge in [-0.1, -0.05) is 23.2 Å². The van der Waals surface area contributed by atoms with E-state index in [4.69, 9.17) is 23.2 Å². The maximum atomic E-state index is 12.9. The molecule has 0 aliphatic heterocycles. The Kier molecular flexibility index (Phi) is 3.21. The van der Waals surface area contributed by atoms with Gasteiger partial charge in [0.2, 0.25) is 6.08 Å². The number of rotatable bonds is 2. The summed E-state index contributed by atoms with van der Waals surface area (Å²) in [7, 11) is 0. The molecule has 2 nitrogen and oxygen atoms in total. The summed E-state index contributed by atoms with van der Waals surface area (Å²) in [5.41, 5.74) is -0.504. The van der Waals surface area contributed by atoms with Crippen LogP contribution in [0, 0.1) is 0 Å². The van der Waals surface area contributed by atoms with Crippen LogP contribution in [0.4, 0.5) is 8.78 Å². The SMILES string of the molecule is O=C=NC(F)(F)c1ccc(Cl)c(Cl)c1. The molecular weight excluding hydrogens is 235 g/mol. The summed E-state index contributed by atoms with van der Waals surface area (Å²) in [6.45, 7) is 0. The number of halogens is 4. The van der Waals surface area contributed by atoms with Crippen LogP contribution >= 0.6 is 23.2 Å². The normalized spacial score (nSPS) is 10.9. The molecular formula is C8H3Cl2F2NO. The average Bonchev–Trinajstić information content (AvgIpc) is 2.09. The molecule has 1 aromatic rings. The van der Waals surface area contributed by atoms with Crippen LogP contribution in [0.2, 0.25) is 10.0 Å². The summed E-state index contributed by atoms with van der Waals surface area (Å²) < 4.78 is 25.9. The lowest BCUT2D eigenvalue weighted by molar-refractivity contribution is 0.00618. The van der Waals surface area contributed by atoms with Gasteiger partial charge in [-0.3, -0.25) is 0 Å². The number of benzene rings is 1. The van der Waals surface area contributed by atoms with E-state index in [1.54, 1.807) is 0 Å². The van der Waals surface area contributed by atoms with E-state index < -0.39 is 11.6 Å². The Bertz CT molecular complexity index is 402. The van der Waals surface area contributed by atoms with Crippen molar-refractivity contribution in [2.24, 2.45) is 4.99 Å². The van der Waals surface area contributed by atoms with Gasteiger partial charge in [0.25, 0.3) is 0 Å². The van der Waals surface area contributed by atoms with Crippen LogP contribution in [0.25, 0.3) is 0 Å². The lowest BCUT2D eigenvalue weighted by Gasteiger charge is -2.09. The van der Waals surface area contributed by atoms with E-state index in [1.807, 2.05) is 0 Å². The highest BCUT2D eigenvalue weighted by Gasteiger charge is 2.31. The zero-order valence-electron chi connectivity index (χ0n) is 6.60. The second-order valence-corrected chi connectivity index (χ2v) is 3.19. The van der Waals surface area contributed by atoms with Crippen molar-refractivity contribution >= 4 is 29.3 Å². The lowest BCUT2D eigenvalue weighted by atomic mass is 10.2. The fourth-order valence-electron chi connectivity index (χ4n) is 0.805. The fourth-order valence-corrected chi connectivity index (χ4v) is 1.10. The first-order valence-corrected chi connectivity index (χ1v) is 4.15. The third-order valence-corrected chi connectivity index (χ3v) is 2.19. The molecule has 0 atom stereocenters. The number of aliphatic imine (C=N–C) groups is 1. The van der Waals surface area contributed by atoms with Crippen LogP contribution in [0.3, 0.4) is 0 Å². The summed E-state index contributed by atoms with van der Waals surface area (Å²) in [5, 5.41) is 0.131. The third-order valence-electron chi connectivity index (χ3n) is 1.45. The molecule has 0 N–H and O–H groups in total. The van der Waals surface area contributed by atoms with Crippen LogP contribution in [-0.4, -0.2) is 6.08 Å². The zero-order chi connectivity index (χ0) is 10.8. The summed E-state index contributed by atoms with van der Waals surface area (Å²) >= 11 is 11.0. The zero-order valence-corrected chi connectivity index (χ0v) is 8.11. The first kappa shape index (κ1) is 11.1. The fraction of sp³-hybridized carbons (Fsp3) is 0.125. The Morgan fingerprint density at radius 1 is 1.29 bits per heavy atom. The summed E-state index contributed by atoms with van der Waals surface area (Å²) in [4.78, 5) is 12.1. The quantitative estimate of drug-likeness (QED) is 0.441. The molecule has 0 aliphatic carbocycles. The minimum atomic E-state index is -3.62. The molecule has 0 fully saturated rings. The molecule has 0 saturated carbocycles. The predicted molar refractivity (Wildman–Crippen MR) is 48.5 cm³/mol. The molecule has 0 unspecified atom stereocenters. The topological polar surface area (TPSA) is 29.4 Å². The molecule has 0 saturated heterocycles. The van der Waals surface area contributed by atoms with Crippen molar-refractivity contribution < 1.29 is 13.6 Å². The molecule has 6 heteroatoms. The van der Waals surface area contributed by atoms with Crippen molar-refractivity contribution in [3.05, 3.63) is 33.8 Å². The lowest BCUT2D eigenvalue weighted by Crippen LogP contribution is -2.09. The molecule has 0 radical (unpaired) electrons. The van der Waals surface area contributed by atoms with E-state index in [1.165, 1.54) is 6.07 Å². The molecule has 14 heavy (non-hydrogen) atoms. The first-order chi connectivity index (χ1) is 6.47. The maximum Gasteiger partial charge on any atom is 0.379 e. The number of hydrogen-bond donors (Lipinski definition) is 0. The molecule has 1 aromatic carbocycles. The molecule has 0 bridgehead atoms. The van der Waals surface area contributed by atoms with E-state index >= 15 is 0 Å². The van der Waals surface area contributed by atoms with Crippen LogP contribution in [-0.2, 0) is 10.8 Å². The van der Waals surface area contributed by atoms with Crippen molar-refractivity contribution in [2.45, 2.75) is 6.05 Å². The van der Waals surface area contributed by atoms with Gasteiger partial charge in [-0.2, -0.15) is 8.78 Å². The van der Waals surface area contributed by atoms with Gasteiger partial charge in [-0.25, -0.2) is 4.79 Å². The van der Waals surface area contributed by atoms with Crippen molar-refractivity contribution in [3.63, 3.8) is 0 Å². The smallest absolute Gasteiger partial charge is 0.211 e. The number of nitrogens with zero attached hydrogens (tertiary/aromatic N) is 1. The van der Waals surface area contributed by atoms with E-state index in [0.29, 0.717) is 0 Å². The van der Waals surface area contributed by atoms with Crippen molar-refractivity contribution in [1.82, 2.24) is 0 Å². The van der Waals surface area contributed by atoms with Crippen LogP contribution in [0.15, 0.2) is 23.2 Å². The van der Waals surface area contributed by atoms with Crippen molar-refractivity contribution in [2.75, 3.05) is 0 Å². The largest absolute Gasteiger partial charge is 0.379 e. The van der Waals surface area contributed by atoms with E-state index in [0.717, 1.165) is 18.2 Å². The summed E-state index contributed by atoms with van der Waals surface area (Å²) in [5.74, 6) is 0. The molecule has 0 aliphatic rings. The van der Waals surface area contributed by atoms with Gasteiger partial charge < -0.3 is 0 Å². The van der Waals surface area contributed by atoms with Crippen molar-refractivity contribution in [1.29, 1.82) is 0 Å². The van der Waals surface area contributed by atoms with Gasteiger partial charge in [0.1, 0.15) is 0 Å². The first-order valence-electron chi connectivity index (χ1n) is 3.40. The predicted octanol–water partition coefficient (Wildman–Crippen LogP) is 3.38. The Balaban J connectivity index is 3.20. The second-order valence-electron chi connectivity index (χ2n) is 2.37. The highest BCUT2D eigenvalue weighted by molar-refractivity contribution is 6.42. The number of carbonyl (C=O) groups excluding carboxylic acids is 1.